The van der Waals surface area contributed by atoms with Crippen LogP contribution in [0.1, 0.15) is 57.4 Å². The fourth-order valence-corrected chi connectivity index (χ4v) is 3.82. The molecule has 154 valence electrons. The second-order valence-electron chi connectivity index (χ2n) is 7.90. The van der Waals surface area contributed by atoms with Gasteiger partial charge >= 0.3 is 5.92 Å². The van der Waals surface area contributed by atoms with Crippen LogP contribution in [-0.4, -0.2) is 23.8 Å². The molecule has 2 aliphatic rings. The van der Waals surface area contributed by atoms with Gasteiger partial charge in [0.05, 0.1) is 5.69 Å². The predicted octanol–water partition coefficient (Wildman–Crippen LogP) is 4.44. The maximum Gasteiger partial charge on any atom is 0.327 e. The van der Waals surface area contributed by atoms with Crippen LogP contribution in [0.4, 0.5) is 18.9 Å². The molecule has 0 aromatic heterocycles. The third kappa shape index (κ3) is 4.67. The molecule has 0 unspecified atom stereocenters. The average molecular weight is 396 g/mol. The molecule has 2 saturated carbocycles. The molecule has 1 atom stereocenters. The fraction of sp³-hybridized carbons (Fsp3) is 0.619. The van der Waals surface area contributed by atoms with Crippen molar-refractivity contribution in [2.75, 3.05) is 5.32 Å². The highest BCUT2D eigenvalue weighted by Crippen LogP contribution is 2.43. The van der Waals surface area contributed by atoms with Crippen molar-refractivity contribution in [2.24, 2.45) is 11.8 Å². The maximum absolute atomic E-state index is 14.2. The first-order chi connectivity index (χ1) is 13.3. The van der Waals surface area contributed by atoms with Crippen LogP contribution in [0.3, 0.4) is 0 Å². The third-order valence-corrected chi connectivity index (χ3v) is 5.78. The van der Waals surface area contributed by atoms with E-state index in [2.05, 4.69) is 10.6 Å². The van der Waals surface area contributed by atoms with Crippen molar-refractivity contribution in [1.82, 2.24) is 5.32 Å². The van der Waals surface area contributed by atoms with Crippen LogP contribution in [0.15, 0.2) is 18.2 Å². The Kier molecular flexibility index (Phi) is 6.30. The molecule has 0 spiro atoms. The van der Waals surface area contributed by atoms with E-state index < -0.39 is 35.5 Å². The first-order valence-electron chi connectivity index (χ1n) is 10.1. The molecule has 28 heavy (non-hydrogen) atoms. The minimum Gasteiger partial charge on any atom is -0.339 e. The van der Waals surface area contributed by atoms with Crippen molar-refractivity contribution < 1.29 is 22.8 Å². The summed E-state index contributed by atoms with van der Waals surface area (Å²) in [6.07, 6.45) is 5.40. The van der Waals surface area contributed by atoms with Gasteiger partial charge in [0.1, 0.15) is 11.9 Å². The Morgan fingerprint density at radius 2 is 1.82 bits per heavy atom. The quantitative estimate of drug-likeness (QED) is 0.716. The topological polar surface area (TPSA) is 58.2 Å². The number of hydrogen-bond donors (Lipinski definition) is 2. The number of carbonyl (C=O) groups is 2. The van der Waals surface area contributed by atoms with Gasteiger partial charge in [-0.15, -0.1) is 0 Å². The highest BCUT2D eigenvalue weighted by molar-refractivity contribution is 5.98. The lowest BCUT2D eigenvalue weighted by molar-refractivity contribution is -0.151. The predicted molar refractivity (Wildman–Crippen MR) is 101 cm³/mol. The number of aryl methyl sites for hydroxylation is 1. The molecule has 0 bridgehead atoms. The summed E-state index contributed by atoms with van der Waals surface area (Å²) in [5.74, 6) is -7.27. The molecular formula is C21H27F3N2O2. The minimum absolute atomic E-state index is 0.00814. The van der Waals surface area contributed by atoms with Crippen molar-refractivity contribution in [3.8, 4) is 0 Å². The zero-order valence-corrected chi connectivity index (χ0v) is 16.1. The van der Waals surface area contributed by atoms with Crippen LogP contribution in [0.5, 0.6) is 0 Å². The Hall–Kier alpha value is -2.05. The van der Waals surface area contributed by atoms with Crippen LogP contribution in [0, 0.1) is 17.7 Å². The molecule has 2 N–H and O–H groups in total. The van der Waals surface area contributed by atoms with Crippen molar-refractivity contribution in [2.45, 2.75) is 70.3 Å². The largest absolute Gasteiger partial charge is 0.339 e. The van der Waals surface area contributed by atoms with Crippen molar-refractivity contribution >= 4 is 17.5 Å². The lowest BCUT2D eigenvalue weighted by atomic mass is 9.83. The number of alkyl halides is 2. The average Bonchev–Trinajstić information content (AvgIpc) is 3.53. The standard InChI is InChI=1S/C21H27F3N2O2/c1-2-13-8-11-17(16(22)12-13)25-19(27)18(14-6-4-3-5-7-14)26-20(28)21(23,24)15-9-10-15/h8,11-12,14-15,18H,2-7,9-10H2,1H3,(H,25,27)(H,26,28)/t18-/m0/s1. The van der Waals surface area contributed by atoms with Gasteiger partial charge in [0.2, 0.25) is 5.91 Å². The lowest BCUT2D eigenvalue weighted by Gasteiger charge is -2.31. The van der Waals surface area contributed by atoms with Crippen LogP contribution >= 0.6 is 0 Å². The van der Waals surface area contributed by atoms with E-state index in [9.17, 15) is 22.8 Å². The molecule has 0 saturated heterocycles. The first-order valence-corrected chi connectivity index (χ1v) is 10.1. The highest BCUT2D eigenvalue weighted by Gasteiger charge is 2.53. The van der Waals surface area contributed by atoms with Gasteiger partial charge in [0, 0.05) is 5.92 Å². The van der Waals surface area contributed by atoms with Crippen molar-refractivity contribution in [3.63, 3.8) is 0 Å². The summed E-state index contributed by atoms with van der Waals surface area (Å²) in [6.45, 7) is 1.89. The first kappa shape index (κ1) is 20.7. The zero-order chi connectivity index (χ0) is 20.3. The molecular weight excluding hydrogens is 369 g/mol. The minimum atomic E-state index is -3.47. The molecule has 1 aromatic carbocycles. The van der Waals surface area contributed by atoms with Gasteiger partial charge in [0.15, 0.2) is 0 Å². The summed E-state index contributed by atoms with van der Waals surface area (Å²) in [5, 5.41) is 4.77. The number of benzene rings is 1. The molecule has 0 heterocycles. The molecule has 2 amide bonds. The summed E-state index contributed by atoms with van der Waals surface area (Å²) >= 11 is 0. The summed E-state index contributed by atoms with van der Waals surface area (Å²) in [7, 11) is 0. The lowest BCUT2D eigenvalue weighted by Crippen LogP contribution is -2.54. The van der Waals surface area contributed by atoms with E-state index in [-0.39, 0.29) is 11.6 Å². The molecule has 2 aliphatic carbocycles. The maximum atomic E-state index is 14.2. The number of halogens is 3. The smallest absolute Gasteiger partial charge is 0.327 e. The second-order valence-corrected chi connectivity index (χ2v) is 7.90. The van der Waals surface area contributed by atoms with Gasteiger partial charge in [-0.05, 0) is 55.7 Å². The number of hydrogen-bond acceptors (Lipinski definition) is 2. The van der Waals surface area contributed by atoms with Crippen molar-refractivity contribution in [1.29, 1.82) is 0 Å². The monoisotopic (exact) mass is 396 g/mol. The van der Waals surface area contributed by atoms with Crippen LogP contribution in [0.2, 0.25) is 0 Å². The van der Waals surface area contributed by atoms with E-state index >= 15 is 0 Å². The van der Waals surface area contributed by atoms with Gasteiger partial charge in [-0.3, -0.25) is 9.59 Å². The Morgan fingerprint density at radius 3 is 2.39 bits per heavy atom. The number of nitrogens with one attached hydrogen (secondary N) is 2. The number of anilines is 1. The molecule has 3 rings (SSSR count). The van der Waals surface area contributed by atoms with E-state index in [1.807, 2.05) is 6.92 Å². The van der Waals surface area contributed by atoms with Crippen molar-refractivity contribution in [3.05, 3.63) is 29.6 Å². The van der Waals surface area contributed by atoms with Crippen LogP contribution in [0.25, 0.3) is 0 Å². The number of carbonyl (C=O) groups excluding carboxylic acids is 2. The van der Waals surface area contributed by atoms with Gasteiger partial charge in [-0.2, -0.15) is 8.78 Å². The molecule has 7 heteroatoms. The van der Waals surface area contributed by atoms with Crippen LogP contribution in [-0.2, 0) is 16.0 Å². The van der Waals surface area contributed by atoms with E-state index in [4.69, 9.17) is 0 Å². The Morgan fingerprint density at radius 1 is 1.14 bits per heavy atom. The van der Waals surface area contributed by atoms with E-state index in [0.29, 0.717) is 32.1 Å². The highest BCUT2D eigenvalue weighted by atomic mass is 19.3. The summed E-state index contributed by atoms with van der Waals surface area (Å²) in [6, 6.07) is 3.41. The Labute approximate surface area is 163 Å². The van der Waals surface area contributed by atoms with E-state index in [1.54, 1.807) is 6.07 Å². The molecule has 0 radical (unpaired) electrons. The molecule has 2 fully saturated rings. The summed E-state index contributed by atoms with van der Waals surface area (Å²) in [5.41, 5.74) is 0.780. The Bertz CT molecular complexity index is 728. The third-order valence-electron chi connectivity index (χ3n) is 5.78. The molecule has 4 nitrogen and oxygen atoms in total. The van der Waals surface area contributed by atoms with E-state index in [1.165, 1.54) is 12.1 Å². The molecule has 0 aliphatic heterocycles. The number of rotatable bonds is 7. The summed E-state index contributed by atoms with van der Waals surface area (Å²) in [4.78, 5) is 25.0. The van der Waals surface area contributed by atoms with Gasteiger partial charge < -0.3 is 10.6 Å². The summed E-state index contributed by atoms with van der Waals surface area (Å²) < 4.78 is 42.6. The fourth-order valence-electron chi connectivity index (χ4n) is 3.82. The van der Waals surface area contributed by atoms with Gasteiger partial charge in [0.25, 0.3) is 5.91 Å². The van der Waals surface area contributed by atoms with Gasteiger partial charge in [-0.1, -0.05) is 32.3 Å². The number of amides is 2. The van der Waals surface area contributed by atoms with E-state index in [0.717, 1.165) is 24.8 Å². The second kappa shape index (κ2) is 8.53. The van der Waals surface area contributed by atoms with Crippen LogP contribution < -0.4 is 10.6 Å². The SMILES string of the molecule is CCc1ccc(NC(=O)[C@@H](NC(=O)C(F)(F)C2CC2)C2CCCCC2)c(F)c1. The molecule has 1 aromatic rings. The Balaban J connectivity index is 1.75. The zero-order valence-electron chi connectivity index (χ0n) is 16.1. The van der Waals surface area contributed by atoms with Gasteiger partial charge in [-0.25, -0.2) is 4.39 Å². The normalized spacial score (nSPS) is 19.1.